The maximum atomic E-state index is 12.5. The quantitative estimate of drug-likeness (QED) is 0.372. The van der Waals surface area contributed by atoms with Gasteiger partial charge < -0.3 is 15.4 Å². The Morgan fingerprint density at radius 2 is 1.76 bits per heavy atom. The molecule has 0 saturated carbocycles. The van der Waals surface area contributed by atoms with Crippen LogP contribution in [0.4, 0.5) is 17.1 Å². The fourth-order valence-corrected chi connectivity index (χ4v) is 2.82. The fraction of sp³-hybridized carbons (Fsp3) is 0.143. The number of anilines is 2. The van der Waals surface area contributed by atoms with E-state index in [2.05, 4.69) is 10.6 Å². The molecule has 3 rings (SSSR count). The lowest BCUT2D eigenvalue weighted by atomic mass is 10.1. The Kier molecular flexibility index (Phi) is 5.73. The molecular weight excluding hydrogens is 374 g/mol. The molecular formula is C21H19N3O5. The van der Waals surface area contributed by atoms with Crippen LogP contribution in [0.3, 0.4) is 0 Å². The van der Waals surface area contributed by atoms with Gasteiger partial charge in [-0.15, -0.1) is 0 Å². The van der Waals surface area contributed by atoms with E-state index < -0.39 is 22.9 Å². The predicted molar refractivity (Wildman–Crippen MR) is 110 cm³/mol. The van der Waals surface area contributed by atoms with Gasteiger partial charge in [-0.25, -0.2) is 4.79 Å². The van der Waals surface area contributed by atoms with E-state index >= 15 is 0 Å². The van der Waals surface area contributed by atoms with Gasteiger partial charge in [-0.1, -0.05) is 30.3 Å². The summed E-state index contributed by atoms with van der Waals surface area (Å²) in [4.78, 5) is 35.3. The number of carbonyl (C=O) groups is 2. The third-order valence-electron chi connectivity index (χ3n) is 4.37. The summed E-state index contributed by atoms with van der Waals surface area (Å²) in [5, 5.41) is 18.5. The third-order valence-corrected chi connectivity index (χ3v) is 4.37. The van der Waals surface area contributed by atoms with Crippen molar-refractivity contribution in [3.63, 3.8) is 0 Å². The number of carbonyl (C=O) groups excluding carboxylic acids is 2. The monoisotopic (exact) mass is 393 g/mol. The zero-order chi connectivity index (χ0) is 21.0. The highest BCUT2D eigenvalue weighted by molar-refractivity contribution is 6.01. The van der Waals surface area contributed by atoms with Gasteiger partial charge in [0, 0.05) is 30.6 Å². The average Bonchev–Trinajstić information content (AvgIpc) is 2.72. The Bertz CT molecular complexity index is 1100. The largest absolute Gasteiger partial charge is 0.449 e. The topological polar surface area (TPSA) is 111 Å². The zero-order valence-electron chi connectivity index (χ0n) is 15.8. The number of nitro groups is 1. The molecule has 1 amide bonds. The van der Waals surface area contributed by atoms with Crippen LogP contribution in [0.1, 0.15) is 17.3 Å². The lowest BCUT2D eigenvalue weighted by molar-refractivity contribution is -0.384. The van der Waals surface area contributed by atoms with Crippen LogP contribution in [0, 0.1) is 10.1 Å². The second kappa shape index (κ2) is 8.39. The number of hydrogen-bond donors (Lipinski definition) is 2. The minimum atomic E-state index is -1.10. The molecule has 0 saturated heterocycles. The second-order valence-corrected chi connectivity index (χ2v) is 6.34. The van der Waals surface area contributed by atoms with E-state index in [9.17, 15) is 19.7 Å². The smallest absolute Gasteiger partial charge is 0.341 e. The fourth-order valence-electron chi connectivity index (χ4n) is 2.82. The number of ether oxygens (including phenoxy) is 1. The van der Waals surface area contributed by atoms with Crippen LogP contribution in [0.5, 0.6) is 0 Å². The molecule has 0 bridgehead atoms. The van der Waals surface area contributed by atoms with E-state index in [1.807, 2.05) is 36.4 Å². The Morgan fingerprint density at radius 1 is 1.03 bits per heavy atom. The van der Waals surface area contributed by atoms with Crippen molar-refractivity contribution in [2.45, 2.75) is 13.0 Å². The SMILES string of the molecule is CNc1ccc([N+](=O)[O-])cc1C(=O)O[C@H](C)C(=O)Nc1ccc2ccccc2c1. The van der Waals surface area contributed by atoms with Gasteiger partial charge in [-0.2, -0.15) is 0 Å². The van der Waals surface area contributed by atoms with E-state index in [1.54, 1.807) is 13.1 Å². The van der Waals surface area contributed by atoms with Crippen LogP contribution in [0.15, 0.2) is 60.7 Å². The molecule has 0 aliphatic heterocycles. The van der Waals surface area contributed by atoms with Crippen LogP contribution in [0.2, 0.25) is 0 Å². The minimum Gasteiger partial charge on any atom is -0.449 e. The number of benzene rings is 3. The Balaban J connectivity index is 1.72. The van der Waals surface area contributed by atoms with Gasteiger partial charge in [0.05, 0.1) is 10.5 Å². The van der Waals surface area contributed by atoms with Crippen LogP contribution in [-0.4, -0.2) is 30.0 Å². The molecule has 0 heterocycles. The zero-order valence-corrected chi connectivity index (χ0v) is 15.8. The molecule has 8 heteroatoms. The van der Waals surface area contributed by atoms with E-state index in [1.165, 1.54) is 19.1 Å². The highest BCUT2D eigenvalue weighted by Gasteiger charge is 2.23. The first kappa shape index (κ1) is 19.8. The van der Waals surface area contributed by atoms with Crippen molar-refractivity contribution < 1.29 is 19.2 Å². The number of nitrogens with one attached hydrogen (secondary N) is 2. The number of nitro benzene ring substituents is 1. The van der Waals surface area contributed by atoms with Crippen LogP contribution < -0.4 is 10.6 Å². The first-order chi connectivity index (χ1) is 13.9. The van der Waals surface area contributed by atoms with Gasteiger partial charge in [-0.05, 0) is 35.9 Å². The molecule has 2 N–H and O–H groups in total. The molecule has 148 valence electrons. The lowest BCUT2D eigenvalue weighted by Gasteiger charge is -2.15. The summed E-state index contributed by atoms with van der Waals surface area (Å²) < 4.78 is 5.22. The summed E-state index contributed by atoms with van der Waals surface area (Å²) >= 11 is 0. The molecule has 1 atom stereocenters. The first-order valence-corrected chi connectivity index (χ1v) is 8.86. The average molecular weight is 393 g/mol. The molecule has 8 nitrogen and oxygen atoms in total. The normalized spacial score (nSPS) is 11.5. The summed E-state index contributed by atoms with van der Waals surface area (Å²) in [5.74, 6) is -1.34. The van der Waals surface area contributed by atoms with Gasteiger partial charge in [0.1, 0.15) is 0 Å². The van der Waals surface area contributed by atoms with Crippen molar-refractivity contribution in [3.8, 4) is 0 Å². The Labute approximate surface area is 166 Å². The summed E-state index contributed by atoms with van der Waals surface area (Å²) in [6.07, 6.45) is -1.10. The van der Waals surface area contributed by atoms with Gasteiger partial charge >= 0.3 is 5.97 Å². The third kappa shape index (κ3) is 4.49. The van der Waals surface area contributed by atoms with Crippen molar-refractivity contribution >= 4 is 39.7 Å². The second-order valence-electron chi connectivity index (χ2n) is 6.34. The molecule has 0 unspecified atom stereocenters. The number of fused-ring (bicyclic) bond motifs is 1. The summed E-state index contributed by atoms with van der Waals surface area (Å²) in [5.41, 5.74) is 0.668. The van der Waals surface area contributed by atoms with Crippen molar-refractivity contribution in [3.05, 3.63) is 76.3 Å². The van der Waals surface area contributed by atoms with Gasteiger partial charge in [0.25, 0.3) is 11.6 Å². The van der Waals surface area contributed by atoms with E-state index in [0.717, 1.165) is 16.8 Å². The maximum absolute atomic E-state index is 12.5. The van der Waals surface area contributed by atoms with E-state index in [-0.39, 0.29) is 11.3 Å². The number of hydrogen-bond acceptors (Lipinski definition) is 6. The van der Waals surface area contributed by atoms with Crippen molar-refractivity contribution in [1.29, 1.82) is 0 Å². The highest BCUT2D eigenvalue weighted by Crippen LogP contribution is 2.23. The molecule has 0 radical (unpaired) electrons. The van der Waals surface area contributed by atoms with E-state index in [0.29, 0.717) is 11.4 Å². The van der Waals surface area contributed by atoms with Crippen LogP contribution in [0.25, 0.3) is 10.8 Å². The van der Waals surface area contributed by atoms with Crippen LogP contribution in [-0.2, 0) is 9.53 Å². The number of esters is 1. The van der Waals surface area contributed by atoms with Crippen molar-refractivity contribution in [2.24, 2.45) is 0 Å². The standard InChI is InChI=1S/C21H19N3O5/c1-13(20(25)23-16-8-7-14-5-3-4-6-15(14)11-16)29-21(26)18-12-17(24(27)28)9-10-19(18)22-2/h3-13,22H,1-2H3,(H,23,25)/t13-/m1/s1. The molecule has 0 aromatic heterocycles. The van der Waals surface area contributed by atoms with Crippen molar-refractivity contribution in [1.82, 2.24) is 0 Å². The number of amides is 1. The molecule has 0 aliphatic rings. The number of rotatable bonds is 6. The molecule has 29 heavy (non-hydrogen) atoms. The molecule has 3 aromatic carbocycles. The molecule has 0 spiro atoms. The first-order valence-electron chi connectivity index (χ1n) is 8.86. The van der Waals surface area contributed by atoms with Gasteiger partial charge in [0.2, 0.25) is 0 Å². The van der Waals surface area contributed by atoms with Gasteiger partial charge in [0.15, 0.2) is 6.10 Å². The summed E-state index contributed by atoms with van der Waals surface area (Å²) in [6.45, 7) is 1.44. The molecule has 0 aliphatic carbocycles. The number of non-ortho nitro benzene ring substituents is 1. The van der Waals surface area contributed by atoms with Gasteiger partial charge in [-0.3, -0.25) is 14.9 Å². The minimum absolute atomic E-state index is 0.0212. The lowest BCUT2D eigenvalue weighted by Crippen LogP contribution is -2.30. The number of nitrogens with zero attached hydrogens (tertiary/aromatic N) is 1. The van der Waals surface area contributed by atoms with Crippen molar-refractivity contribution in [2.75, 3.05) is 17.7 Å². The molecule has 0 fully saturated rings. The van der Waals surface area contributed by atoms with Crippen LogP contribution >= 0.6 is 0 Å². The predicted octanol–water partition coefficient (Wildman–Crippen LogP) is 3.97. The van der Waals surface area contributed by atoms with E-state index in [4.69, 9.17) is 4.74 Å². The maximum Gasteiger partial charge on any atom is 0.341 e. The summed E-state index contributed by atoms with van der Waals surface area (Å²) in [6, 6.07) is 17.0. The summed E-state index contributed by atoms with van der Waals surface area (Å²) in [7, 11) is 1.58. The molecule has 3 aromatic rings. The highest BCUT2D eigenvalue weighted by atomic mass is 16.6. The Hall–Kier alpha value is -3.94. The Morgan fingerprint density at radius 3 is 2.45 bits per heavy atom.